The molecule has 0 aromatic carbocycles. The molecule has 0 heterocycles. The van der Waals surface area contributed by atoms with Gasteiger partial charge in [0.2, 0.25) is 0 Å². The summed E-state index contributed by atoms with van der Waals surface area (Å²) in [6.07, 6.45) is 11.4. The average molecular weight is 469 g/mol. The van der Waals surface area contributed by atoms with E-state index in [1.807, 2.05) is 0 Å². The lowest BCUT2D eigenvalue weighted by Gasteiger charge is -2.72. The quantitative estimate of drug-likeness (QED) is 0.432. The third-order valence-corrected chi connectivity index (χ3v) is 13.5. The van der Waals surface area contributed by atoms with E-state index in [9.17, 15) is 14.7 Å². The lowest BCUT2D eigenvalue weighted by Crippen LogP contribution is -2.66. The Morgan fingerprint density at radius 2 is 1.62 bits per heavy atom. The second kappa shape index (κ2) is 7.45. The zero-order chi connectivity index (χ0) is 24.9. The fourth-order valence-electron chi connectivity index (χ4n) is 11.7. The van der Waals surface area contributed by atoms with Crippen molar-refractivity contribution < 1.29 is 14.7 Å². The maximum absolute atomic E-state index is 12.9. The van der Waals surface area contributed by atoms with E-state index in [0.717, 1.165) is 32.1 Å². The number of carbonyl (C=O) groups excluding carboxylic acids is 1. The van der Waals surface area contributed by atoms with Crippen molar-refractivity contribution >= 4 is 11.8 Å². The molecule has 0 aliphatic heterocycles. The highest BCUT2D eigenvalue weighted by Crippen LogP contribution is 2.77. The van der Waals surface area contributed by atoms with Crippen LogP contribution in [0.4, 0.5) is 0 Å². The van der Waals surface area contributed by atoms with Gasteiger partial charge in [-0.1, -0.05) is 46.8 Å². The summed E-state index contributed by atoms with van der Waals surface area (Å²) in [5.41, 5.74) is 1.76. The van der Waals surface area contributed by atoms with Crippen LogP contribution in [0.1, 0.15) is 112 Å². The van der Waals surface area contributed by atoms with Crippen molar-refractivity contribution in [2.24, 2.45) is 56.7 Å². The second-order valence-corrected chi connectivity index (χ2v) is 14.8. The molecule has 34 heavy (non-hydrogen) atoms. The molecular weight excluding hydrogens is 420 g/mol. The van der Waals surface area contributed by atoms with E-state index in [1.54, 1.807) is 0 Å². The van der Waals surface area contributed by atoms with Crippen molar-refractivity contribution in [3.05, 3.63) is 12.2 Å². The number of carboxylic acids is 1. The fraction of sp³-hybridized carbons (Fsp3) is 0.871. The van der Waals surface area contributed by atoms with E-state index < -0.39 is 5.97 Å². The number of hydrogen-bond donors (Lipinski definition) is 1. The summed E-state index contributed by atoms with van der Waals surface area (Å²) >= 11 is 0. The van der Waals surface area contributed by atoms with Gasteiger partial charge in [0.25, 0.3) is 0 Å². The third-order valence-electron chi connectivity index (χ3n) is 13.5. The van der Waals surface area contributed by atoms with Crippen LogP contribution in [0, 0.1) is 56.7 Å². The summed E-state index contributed by atoms with van der Waals surface area (Å²) in [6, 6.07) is 0. The maximum atomic E-state index is 12.9. The first-order chi connectivity index (χ1) is 15.7. The minimum absolute atomic E-state index is 0.0385. The molecule has 9 atom stereocenters. The van der Waals surface area contributed by atoms with Crippen LogP contribution in [0.3, 0.4) is 0 Å². The van der Waals surface area contributed by atoms with Crippen LogP contribution in [0.15, 0.2) is 12.2 Å². The first kappa shape index (κ1) is 24.6. The van der Waals surface area contributed by atoms with Crippen LogP contribution in [0.2, 0.25) is 0 Å². The Morgan fingerprint density at radius 1 is 0.912 bits per heavy atom. The minimum Gasteiger partial charge on any atom is -0.481 e. The Labute approximate surface area is 207 Å². The van der Waals surface area contributed by atoms with Gasteiger partial charge in [0, 0.05) is 11.8 Å². The normalized spacial score (nSPS) is 51.6. The Morgan fingerprint density at radius 3 is 2.26 bits per heavy atom. The van der Waals surface area contributed by atoms with E-state index >= 15 is 0 Å². The van der Waals surface area contributed by atoms with Crippen molar-refractivity contribution in [3.8, 4) is 0 Å². The summed E-state index contributed by atoms with van der Waals surface area (Å²) in [7, 11) is 0. The predicted octanol–water partition coefficient (Wildman–Crippen LogP) is 7.69. The smallest absolute Gasteiger partial charge is 0.303 e. The number of aliphatic carboxylic acids is 1. The monoisotopic (exact) mass is 468 g/mol. The number of hydrogen-bond acceptors (Lipinski definition) is 2. The first-order valence-corrected chi connectivity index (χ1v) is 14.1. The molecule has 5 aliphatic rings. The number of rotatable bonds is 3. The zero-order valence-electron chi connectivity index (χ0n) is 22.6. The molecule has 5 saturated carbocycles. The lowest BCUT2D eigenvalue weighted by molar-refractivity contribution is -0.234. The molecule has 0 bridgehead atoms. The number of carbonyl (C=O) groups is 2. The molecule has 0 aromatic rings. The van der Waals surface area contributed by atoms with Crippen molar-refractivity contribution in [2.75, 3.05) is 0 Å². The molecule has 3 heteroatoms. The number of Topliss-reactive ketones (excluding diaryl/α,β-unsaturated/α-hetero) is 1. The van der Waals surface area contributed by atoms with Gasteiger partial charge in [-0.3, -0.25) is 9.59 Å². The molecule has 5 aliphatic carbocycles. The van der Waals surface area contributed by atoms with Gasteiger partial charge in [0.05, 0.1) is 6.42 Å². The number of fused-ring (bicyclic) bond motifs is 7. The Bertz CT molecular complexity index is 918. The molecule has 0 saturated heterocycles. The molecule has 0 aromatic heterocycles. The van der Waals surface area contributed by atoms with Gasteiger partial charge in [0.15, 0.2) is 0 Å². The number of allylic oxidation sites excluding steroid dienone is 1. The summed E-state index contributed by atoms with van der Waals surface area (Å²) in [4.78, 5) is 25.0. The molecule has 0 spiro atoms. The van der Waals surface area contributed by atoms with Crippen molar-refractivity contribution in [3.63, 3.8) is 0 Å². The summed E-state index contributed by atoms with van der Waals surface area (Å²) in [5, 5.41) is 9.91. The zero-order valence-corrected chi connectivity index (χ0v) is 22.6. The van der Waals surface area contributed by atoms with Gasteiger partial charge in [-0.2, -0.15) is 0 Å². The Hall–Kier alpha value is -1.12. The Balaban J connectivity index is 1.56. The topological polar surface area (TPSA) is 54.4 Å². The molecule has 3 nitrogen and oxygen atoms in total. The molecule has 5 fully saturated rings. The van der Waals surface area contributed by atoms with E-state index in [2.05, 4.69) is 48.1 Å². The van der Waals surface area contributed by atoms with Gasteiger partial charge < -0.3 is 5.11 Å². The van der Waals surface area contributed by atoms with Crippen LogP contribution >= 0.6 is 0 Å². The third kappa shape index (κ3) is 2.94. The summed E-state index contributed by atoms with van der Waals surface area (Å²) < 4.78 is 0. The fourth-order valence-corrected chi connectivity index (χ4v) is 11.7. The average Bonchev–Trinajstić information content (AvgIpc) is 3.10. The number of ketones is 1. The van der Waals surface area contributed by atoms with E-state index in [-0.39, 0.29) is 27.1 Å². The van der Waals surface area contributed by atoms with Gasteiger partial charge in [-0.25, -0.2) is 0 Å². The van der Waals surface area contributed by atoms with Crippen LogP contribution < -0.4 is 0 Å². The molecule has 1 N–H and O–H groups in total. The maximum Gasteiger partial charge on any atom is 0.303 e. The van der Waals surface area contributed by atoms with Crippen molar-refractivity contribution in [1.29, 1.82) is 0 Å². The predicted molar refractivity (Wildman–Crippen MR) is 136 cm³/mol. The highest BCUT2D eigenvalue weighted by molar-refractivity contribution is 5.85. The molecule has 9 unspecified atom stereocenters. The van der Waals surface area contributed by atoms with Crippen LogP contribution in [0.25, 0.3) is 0 Å². The molecular formula is C31H48O3. The summed E-state index contributed by atoms with van der Waals surface area (Å²) in [6.45, 7) is 18.8. The Kier molecular flexibility index (Phi) is 5.38. The largest absolute Gasteiger partial charge is 0.481 e. The summed E-state index contributed by atoms with van der Waals surface area (Å²) in [5.74, 6) is 2.54. The second-order valence-electron chi connectivity index (χ2n) is 14.8. The van der Waals surface area contributed by atoms with Gasteiger partial charge >= 0.3 is 5.97 Å². The SMILES string of the molecule is C=C(C)C1CCC2(CC(=O)O)CCC3(C)C(CCC4C5(C)CCC(=O)C(C)(C)C5CCC43C)C12. The molecule has 0 radical (unpaired) electrons. The minimum atomic E-state index is -0.613. The van der Waals surface area contributed by atoms with Crippen molar-refractivity contribution in [1.82, 2.24) is 0 Å². The lowest BCUT2D eigenvalue weighted by atomic mass is 9.32. The van der Waals surface area contributed by atoms with Gasteiger partial charge in [-0.15, -0.1) is 0 Å². The molecule has 0 amide bonds. The highest BCUT2D eigenvalue weighted by Gasteiger charge is 2.70. The van der Waals surface area contributed by atoms with E-state index in [4.69, 9.17) is 0 Å². The van der Waals surface area contributed by atoms with Crippen LogP contribution in [-0.2, 0) is 9.59 Å². The highest BCUT2D eigenvalue weighted by atomic mass is 16.4. The first-order valence-electron chi connectivity index (χ1n) is 14.1. The van der Waals surface area contributed by atoms with Crippen LogP contribution in [-0.4, -0.2) is 16.9 Å². The standard InChI is InChI=1S/C31H48O3/c1-19(2)20-10-15-31(18-25(33)34)17-16-29(6)21(26(20)31)8-9-23-28(5)13-12-24(32)27(3,4)22(28)11-14-30(23,29)7/h20-23,26H,1,8-18H2,2-7H3,(H,33,34). The van der Waals surface area contributed by atoms with Gasteiger partial charge in [-0.05, 0) is 116 Å². The van der Waals surface area contributed by atoms with Crippen LogP contribution in [0.5, 0.6) is 0 Å². The molecule has 5 rings (SSSR count). The van der Waals surface area contributed by atoms with Gasteiger partial charge in [0.1, 0.15) is 5.78 Å². The number of carboxylic acid groups (broad SMARTS) is 1. The van der Waals surface area contributed by atoms with Crippen molar-refractivity contribution in [2.45, 2.75) is 112 Å². The van der Waals surface area contributed by atoms with E-state index in [0.29, 0.717) is 41.8 Å². The molecule has 190 valence electrons. The van der Waals surface area contributed by atoms with E-state index in [1.165, 1.54) is 37.7 Å².